The van der Waals surface area contributed by atoms with Crippen molar-refractivity contribution in [2.45, 2.75) is 101 Å². The van der Waals surface area contributed by atoms with Crippen molar-refractivity contribution in [1.29, 1.82) is 0 Å². The molecular formula is C96H85IrN8. The summed E-state index contributed by atoms with van der Waals surface area (Å²) in [5.41, 5.74) is 30.4. The summed E-state index contributed by atoms with van der Waals surface area (Å²) >= 11 is 0. The van der Waals surface area contributed by atoms with E-state index in [2.05, 4.69) is 327 Å². The molecule has 0 amide bonds. The Balaban J connectivity index is 0.000000183. The zero-order valence-electron chi connectivity index (χ0n) is 61.5. The molecule has 12 aromatic carbocycles. The molecule has 5 aromatic heterocycles. The minimum atomic E-state index is 0. The summed E-state index contributed by atoms with van der Waals surface area (Å²) in [5, 5.41) is 5.13. The zero-order valence-corrected chi connectivity index (χ0v) is 63.9. The second kappa shape index (κ2) is 30.5. The van der Waals surface area contributed by atoms with E-state index in [0.29, 0.717) is 11.8 Å². The van der Waals surface area contributed by atoms with Crippen LogP contribution in [0.25, 0.3) is 117 Å². The van der Waals surface area contributed by atoms with Crippen molar-refractivity contribution in [2.24, 2.45) is 0 Å². The molecule has 0 aliphatic carbocycles. The van der Waals surface area contributed by atoms with Gasteiger partial charge in [0, 0.05) is 87.2 Å². The van der Waals surface area contributed by atoms with Crippen LogP contribution in [0.4, 0.5) is 0 Å². The Kier molecular flexibility index (Phi) is 20.5. The fourth-order valence-corrected chi connectivity index (χ4v) is 16.1. The Morgan fingerprint density at radius 2 is 0.705 bits per heavy atom. The van der Waals surface area contributed by atoms with Crippen molar-refractivity contribution in [3.63, 3.8) is 0 Å². The van der Waals surface area contributed by atoms with Crippen molar-refractivity contribution >= 4 is 43.6 Å². The number of nitrogens with zero attached hydrogens (tertiary/aromatic N) is 8. The van der Waals surface area contributed by atoms with Crippen molar-refractivity contribution < 1.29 is 20.1 Å². The number of fused-ring (bicyclic) bond motifs is 6. The molecule has 0 aliphatic heterocycles. The standard InChI is InChI=1S/C60H51N4.2C18H17N2.Ir/c1-6-43(44-19-21-47(22-20-44)60-61-33-34-62(60)59-41(4)35-39(2)36-42(59)5)37-40(3)48-27-32-58-54(38-48)53-15-9-12-18-57(53)64(58)50-30-25-46(26-31-50)45-23-28-49(29-24-45)63-55-16-10-7-13-51(55)52-14-8-11-17-56(52)63;2*1-13-11-14(2)17(15(3)12-13)20-10-9-19-18(20)16-7-5-4-6-8-16;/h7-21,23-36,38,40,43H,6,37H2,1-5H3;2*4-7,9-12H,1-3H3;/q3*-1;+3. The number of benzene rings is 12. The van der Waals surface area contributed by atoms with E-state index in [1.807, 2.05) is 79.5 Å². The van der Waals surface area contributed by atoms with E-state index in [1.165, 1.54) is 139 Å². The van der Waals surface area contributed by atoms with Crippen LogP contribution in [0.5, 0.6) is 0 Å². The second-order valence-electron chi connectivity index (χ2n) is 28.0. The molecule has 5 heterocycles. The van der Waals surface area contributed by atoms with Gasteiger partial charge in [0.15, 0.2) is 0 Å². The molecule has 0 saturated carbocycles. The van der Waals surface area contributed by atoms with E-state index >= 15 is 0 Å². The fraction of sp³-hybridized carbons (Fsp3) is 0.156. The van der Waals surface area contributed by atoms with Gasteiger partial charge in [0.25, 0.3) is 0 Å². The summed E-state index contributed by atoms with van der Waals surface area (Å²) in [6, 6.07) is 97.4. The number of rotatable bonds is 14. The van der Waals surface area contributed by atoms with Crippen LogP contribution in [0.3, 0.4) is 0 Å². The van der Waals surface area contributed by atoms with Gasteiger partial charge in [-0.1, -0.05) is 164 Å². The Bertz CT molecular complexity index is 5670. The molecule has 518 valence electrons. The first-order valence-electron chi connectivity index (χ1n) is 36.2. The van der Waals surface area contributed by atoms with Crippen molar-refractivity contribution in [2.75, 3.05) is 0 Å². The summed E-state index contributed by atoms with van der Waals surface area (Å²) in [4.78, 5) is 13.8. The Hall–Kier alpha value is -11.5. The minimum Gasteiger partial charge on any atom is -0.340 e. The topological polar surface area (TPSA) is 63.3 Å². The van der Waals surface area contributed by atoms with Gasteiger partial charge >= 0.3 is 20.1 Å². The molecule has 0 bridgehead atoms. The Labute approximate surface area is 631 Å². The van der Waals surface area contributed by atoms with Crippen molar-refractivity contribution in [3.05, 3.63) is 359 Å². The summed E-state index contributed by atoms with van der Waals surface area (Å²) in [5.74, 6) is 3.58. The fourth-order valence-electron chi connectivity index (χ4n) is 16.1. The van der Waals surface area contributed by atoms with E-state index in [9.17, 15) is 0 Å². The smallest absolute Gasteiger partial charge is 0.340 e. The molecule has 0 saturated heterocycles. The molecule has 17 rings (SSSR count). The first-order valence-corrected chi connectivity index (χ1v) is 36.2. The minimum absolute atomic E-state index is 0. The van der Waals surface area contributed by atoms with Gasteiger partial charge < -0.3 is 22.8 Å². The summed E-state index contributed by atoms with van der Waals surface area (Å²) < 4.78 is 11.3. The monoisotopic (exact) mass is 1540 g/mol. The largest absolute Gasteiger partial charge is 3.00 e. The second-order valence-corrected chi connectivity index (χ2v) is 28.0. The molecule has 2 atom stereocenters. The molecule has 0 aliphatic rings. The number of para-hydroxylation sites is 3. The Morgan fingerprint density at radius 1 is 0.352 bits per heavy atom. The van der Waals surface area contributed by atoms with Crippen molar-refractivity contribution in [1.82, 2.24) is 37.8 Å². The molecule has 0 fully saturated rings. The van der Waals surface area contributed by atoms with Gasteiger partial charge in [0.05, 0.1) is 39.5 Å². The summed E-state index contributed by atoms with van der Waals surface area (Å²) in [6.45, 7) is 24.1. The quantitative estimate of drug-likeness (QED) is 0.102. The third kappa shape index (κ3) is 14.0. The van der Waals surface area contributed by atoms with Gasteiger partial charge in [-0.2, -0.15) is 0 Å². The first-order chi connectivity index (χ1) is 50.7. The molecule has 105 heavy (non-hydrogen) atoms. The van der Waals surface area contributed by atoms with Crippen LogP contribution in [0.1, 0.15) is 99.7 Å². The van der Waals surface area contributed by atoms with Crippen LogP contribution >= 0.6 is 0 Å². The van der Waals surface area contributed by atoms with Crippen LogP contribution in [0, 0.1) is 80.5 Å². The van der Waals surface area contributed by atoms with E-state index in [1.54, 1.807) is 0 Å². The number of hydrogen-bond acceptors (Lipinski definition) is 3. The van der Waals surface area contributed by atoms with Gasteiger partial charge in [-0.25, -0.2) is 0 Å². The molecule has 17 aromatic rings. The normalized spacial score (nSPS) is 11.9. The number of imidazole rings is 3. The van der Waals surface area contributed by atoms with Crippen LogP contribution in [0.2, 0.25) is 0 Å². The molecule has 0 spiro atoms. The number of hydrogen-bond donors (Lipinski definition) is 0. The van der Waals surface area contributed by atoms with Crippen LogP contribution in [-0.2, 0) is 20.1 Å². The predicted molar refractivity (Wildman–Crippen MR) is 433 cm³/mol. The third-order valence-electron chi connectivity index (χ3n) is 20.6. The summed E-state index contributed by atoms with van der Waals surface area (Å²) in [7, 11) is 0. The molecular weight excluding hydrogens is 1460 g/mol. The van der Waals surface area contributed by atoms with Gasteiger partial charge in [-0.15, -0.1) is 107 Å². The van der Waals surface area contributed by atoms with E-state index < -0.39 is 0 Å². The molecule has 0 radical (unpaired) electrons. The molecule has 0 N–H and O–H groups in total. The van der Waals surface area contributed by atoms with Gasteiger partial charge in [0.1, 0.15) is 0 Å². The average molecular weight is 1540 g/mol. The maximum absolute atomic E-state index is 4.79. The van der Waals surface area contributed by atoms with Crippen LogP contribution in [-0.4, -0.2) is 37.8 Å². The third-order valence-corrected chi connectivity index (χ3v) is 20.6. The zero-order chi connectivity index (χ0) is 71.7. The SMILES string of the molecule is CCC(CC(C)c1ccc2c(c1)c1ccccc1n2-c1ccc(-c2ccc(-n3c4ccccc4c4ccccc43)cc2)cc1)c1c[c-]c(-c2nccn2-c2c(C)cc(C)cc2C)cc1.Cc1cc(C)c(-n2ccnc2-c2[c-]cccc2)c(C)c1.Cc1cc(C)c(-n2ccnc2-c2[c-]cccc2)c(C)c1.[Ir+3]. The summed E-state index contributed by atoms with van der Waals surface area (Å²) in [6.07, 6.45) is 13.8. The van der Waals surface area contributed by atoms with E-state index in [-0.39, 0.29) is 20.1 Å². The number of aryl methyl sites for hydroxylation is 9. The molecule has 2 unspecified atom stereocenters. The van der Waals surface area contributed by atoms with Gasteiger partial charge in [-0.05, 0) is 179 Å². The van der Waals surface area contributed by atoms with E-state index in [4.69, 9.17) is 4.98 Å². The van der Waals surface area contributed by atoms with Gasteiger partial charge in [0.2, 0.25) is 0 Å². The first kappa shape index (κ1) is 70.6. The van der Waals surface area contributed by atoms with Crippen LogP contribution < -0.4 is 0 Å². The van der Waals surface area contributed by atoms with Gasteiger partial charge in [-0.3, -0.25) is 15.0 Å². The van der Waals surface area contributed by atoms with Crippen LogP contribution in [0.15, 0.2) is 280 Å². The molecule has 8 nitrogen and oxygen atoms in total. The maximum Gasteiger partial charge on any atom is 3.00 e. The average Bonchev–Trinajstić information content (AvgIpc) is 1.60. The van der Waals surface area contributed by atoms with E-state index in [0.717, 1.165) is 52.7 Å². The Morgan fingerprint density at radius 3 is 1.07 bits per heavy atom. The molecule has 9 heteroatoms. The number of aromatic nitrogens is 8. The maximum atomic E-state index is 4.79. The predicted octanol–water partition coefficient (Wildman–Crippen LogP) is 24.3. The van der Waals surface area contributed by atoms with Crippen molar-refractivity contribution in [3.8, 4) is 73.7 Å².